The lowest BCUT2D eigenvalue weighted by molar-refractivity contribution is -0.122. The molecule has 1 unspecified atom stereocenters. The number of hydrogen-bond donors (Lipinski definition) is 2. The number of nitrogens with one attached hydrogen (secondary N) is 2. The first-order valence-electron chi connectivity index (χ1n) is 8.52. The van der Waals surface area contributed by atoms with Gasteiger partial charge in [-0.05, 0) is 49.9 Å². The van der Waals surface area contributed by atoms with E-state index in [0.717, 1.165) is 43.5 Å². The van der Waals surface area contributed by atoms with Crippen LogP contribution in [-0.2, 0) is 14.9 Å². The second kappa shape index (κ2) is 7.77. The molecule has 2 aliphatic rings. The average Bonchev–Trinajstić information content (AvgIpc) is 3.07. The van der Waals surface area contributed by atoms with Gasteiger partial charge in [0.05, 0.1) is 0 Å². The molecule has 126 valence electrons. The van der Waals surface area contributed by atoms with Gasteiger partial charge in [0.1, 0.15) is 0 Å². The van der Waals surface area contributed by atoms with E-state index in [9.17, 15) is 4.79 Å². The van der Waals surface area contributed by atoms with E-state index in [1.807, 2.05) is 0 Å². The smallest absolute Gasteiger partial charge is 0.221 e. The Labute approximate surface area is 146 Å². The molecule has 1 atom stereocenters. The van der Waals surface area contributed by atoms with Crippen LogP contribution in [0.1, 0.15) is 37.7 Å². The standard InChI is InChI=1S/C18H25BrN2O2/c19-15-5-3-14(4-6-15)18(7-10-23-11-8-18)13-21-17(22)12-16-2-1-9-20-16/h3-6,16,20H,1-2,7-13H2,(H,21,22). The lowest BCUT2D eigenvalue weighted by Gasteiger charge is -2.38. The molecule has 4 nitrogen and oxygen atoms in total. The Morgan fingerprint density at radius 1 is 1.30 bits per heavy atom. The first-order chi connectivity index (χ1) is 11.2. The number of carbonyl (C=O) groups excluding carboxylic acids is 1. The van der Waals surface area contributed by atoms with Gasteiger partial charge in [0.2, 0.25) is 5.91 Å². The summed E-state index contributed by atoms with van der Waals surface area (Å²) in [5.41, 5.74) is 1.29. The molecule has 1 aromatic rings. The summed E-state index contributed by atoms with van der Waals surface area (Å²) in [5.74, 6) is 0.160. The molecule has 23 heavy (non-hydrogen) atoms. The zero-order chi connectivity index (χ0) is 16.1. The minimum absolute atomic E-state index is 0.00227. The van der Waals surface area contributed by atoms with Crippen LogP contribution in [-0.4, -0.2) is 38.3 Å². The predicted molar refractivity (Wildman–Crippen MR) is 94.5 cm³/mol. The van der Waals surface area contributed by atoms with Gasteiger partial charge in [-0.2, -0.15) is 0 Å². The summed E-state index contributed by atoms with van der Waals surface area (Å²) >= 11 is 3.50. The summed E-state index contributed by atoms with van der Waals surface area (Å²) in [6.45, 7) is 3.26. The molecule has 2 N–H and O–H groups in total. The first-order valence-corrected chi connectivity index (χ1v) is 9.31. The SMILES string of the molecule is O=C(CC1CCCN1)NCC1(c2ccc(Br)cc2)CCOCC1. The number of halogens is 1. The fourth-order valence-corrected chi connectivity index (χ4v) is 3.89. The predicted octanol–water partition coefficient (Wildman–Crippen LogP) is 2.76. The lowest BCUT2D eigenvalue weighted by atomic mass is 9.74. The van der Waals surface area contributed by atoms with Gasteiger partial charge < -0.3 is 15.4 Å². The molecule has 2 saturated heterocycles. The summed E-state index contributed by atoms with van der Waals surface area (Å²) < 4.78 is 6.64. The second-order valence-electron chi connectivity index (χ2n) is 6.67. The van der Waals surface area contributed by atoms with E-state index in [-0.39, 0.29) is 11.3 Å². The van der Waals surface area contributed by atoms with Crippen LogP contribution in [0.25, 0.3) is 0 Å². The maximum atomic E-state index is 12.3. The van der Waals surface area contributed by atoms with Crippen molar-refractivity contribution >= 4 is 21.8 Å². The van der Waals surface area contributed by atoms with Crippen LogP contribution >= 0.6 is 15.9 Å². The molecule has 0 spiro atoms. The van der Waals surface area contributed by atoms with Gasteiger partial charge in [0, 0.05) is 42.1 Å². The van der Waals surface area contributed by atoms with Gasteiger partial charge in [-0.1, -0.05) is 28.1 Å². The van der Waals surface area contributed by atoms with Gasteiger partial charge in [0.15, 0.2) is 0 Å². The Morgan fingerprint density at radius 3 is 2.70 bits per heavy atom. The van der Waals surface area contributed by atoms with E-state index in [1.165, 1.54) is 12.0 Å². The van der Waals surface area contributed by atoms with Crippen LogP contribution < -0.4 is 10.6 Å². The van der Waals surface area contributed by atoms with E-state index in [2.05, 4.69) is 50.8 Å². The maximum absolute atomic E-state index is 12.3. The Balaban J connectivity index is 1.64. The molecule has 0 radical (unpaired) electrons. The van der Waals surface area contributed by atoms with Crippen LogP contribution in [0.5, 0.6) is 0 Å². The quantitative estimate of drug-likeness (QED) is 0.825. The highest BCUT2D eigenvalue weighted by atomic mass is 79.9. The van der Waals surface area contributed by atoms with Gasteiger partial charge in [0.25, 0.3) is 0 Å². The highest BCUT2D eigenvalue weighted by molar-refractivity contribution is 9.10. The van der Waals surface area contributed by atoms with E-state index >= 15 is 0 Å². The van der Waals surface area contributed by atoms with Crippen LogP contribution in [0.3, 0.4) is 0 Å². The molecule has 3 rings (SSSR count). The van der Waals surface area contributed by atoms with E-state index < -0.39 is 0 Å². The molecule has 2 fully saturated rings. The Kier molecular flexibility index (Phi) is 5.72. The minimum Gasteiger partial charge on any atom is -0.381 e. The third kappa shape index (κ3) is 4.34. The van der Waals surface area contributed by atoms with Crippen molar-refractivity contribution in [3.8, 4) is 0 Å². The summed E-state index contributed by atoms with van der Waals surface area (Å²) in [6, 6.07) is 8.85. The fraction of sp³-hybridized carbons (Fsp3) is 0.611. The normalized spacial score (nSPS) is 23.6. The molecule has 2 aliphatic heterocycles. The van der Waals surface area contributed by atoms with Crippen LogP contribution in [0.2, 0.25) is 0 Å². The molecule has 0 aliphatic carbocycles. The van der Waals surface area contributed by atoms with Crippen LogP contribution in [0.15, 0.2) is 28.7 Å². The Bertz CT molecular complexity index is 520. The molecule has 1 aromatic carbocycles. The second-order valence-corrected chi connectivity index (χ2v) is 7.59. The molecule has 1 amide bonds. The Morgan fingerprint density at radius 2 is 2.04 bits per heavy atom. The lowest BCUT2D eigenvalue weighted by Crippen LogP contribution is -2.45. The van der Waals surface area contributed by atoms with Crippen molar-refractivity contribution in [2.45, 2.75) is 43.6 Å². The highest BCUT2D eigenvalue weighted by Gasteiger charge is 2.35. The number of rotatable bonds is 5. The van der Waals surface area contributed by atoms with Gasteiger partial charge in [-0.15, -0.1) is 0 Å². The summed E-state index contributed by atoms with van der Waals surface area (Å²) in [6.07, 6.45) is 4.79. The first kappa shape index (κ1) is 16.9. The maximum Gasteiger partial charge on any atom is 0.221 e. The van der Waals surface area contributed by atoms with Crippen molar-refractivity contribution in [2.75, 3.05) is 26.3 Å². The Hall–Kier alpha value is -0.910. The van der Waals surface area contributed by atoms with Gasteiger partial charge in [-0.25, -0.2) is 0 Å². The summed E-state index contributed by atoms with van der Waals surface area (Å²) in [4.78, 5) is 12.3. The number of benzene rings is 1. The molecule has 0 saturated carbocycles. The molecule has 2 heterocycles. The van der Waals surface area contributed by atoms with Crippen molar-refractivity contribution in [3.05, 3.63) is 34.3 Å². The highest BCUT2D eigenvalue weighted by Crippen LogP contribution is 2.35. The topological polar surface area (TPSA) is 50.4 Å². The third-order valence-electron chi connectivity index (χ3n) is 5.12. The number of carbonyl (C=O) groups is 1. The van der Waals surface area contributed by atoms with Gasteiger partial charge >= 0.3 is 0 Å². The fourth-order valence-electron chi connectivity index (χ4n) is 3.63. The third-order valence-corrected chi connectivity index (χ3v) is 5.65. The van der Waals surface area contributed by atoms with E-state index in [4.69, 9.17) is 4.74 Å². The monoisotopic (exact) mass is 380 g/mol. The van der Waals surface area contributed by atoms with Crippen LogP contribution in [0.4, 0.5) is 0 Å². The molecule has 5 heteroatoms. The number of ether oxygens (including phenoxy) is 1. The van der Waals surface area contributed by atoms with Gasteiger partial charge in [-0.3, -0.25) is 4.79 Å². The zero-order valence-corrected chi connectivity index (χ0v) is 15.0. The van der Waals surface area contributed by atoms with Crippen molar-refractivity contribution in [2.24, 2.45) is 0 Å². The van der Waals surface area contributed by atoms with Crippen molar-refractivity contribution < 1.29 is 9.53 Å². The van der Waals surface area contributed by atoms with Crippen molar-refractivity contribution in [3.63, 3.8) is 0 Å². The molecular weight excluding hydrogens is 356 g/mol. The average molecular weight is 381 g/mol. The number of amides is 1. The van der Waals surface area contributed by atoms with E-state index in [0.29, 0.717) is 19.0 Å². The minimum atomic E-state index is -0.00227. The van der Waals surface area contributed by atoms with E-state index in [1.54, 1.807) is 0 Å². The molecule has 0 aromatic heterocycles. The number of hydrogen-bond acceptors (Lipinski definition) is 3. The molecule has 0 bridgehead atoms. The molecular formula is C18H25BrN2O2. The van der Waals surface area contributed by atoms with Crippen LogP contribution in [0, 0.1) is 0 Å². The zero-order valence-electron chi connectivity index (χ0n) is 13.4. The summed E-state index contributed by atoms with van der Waals surface area (Å²) in [5, 5.41) is 6.57. The largest absolute Gasteiger partial charge is 0.381 e. The summed E-state index contributed by atoms with van der Waals surface area (Å²) in [7, 11) is 0. The van der Waals surface area contributed by atoms with Crippen molar-refractivity contribution in [1.82, 2.24) is 10.6 Å². The van der Waals surface area contributed by atoms with Crippen molar-refractivity contribution in [1.29, 1.82) is 0 Å².